The Labute approximate surface area is 115 Å². The summed E-state index contributed by atoms with van der Waals surface area (Å²) < 4.78 is 13.3. The van der Waals surface area contributed by atoms with Crippen molar-refractivity contribution in [2.75, 3.05) is 13.2 Å². The summed E-state index contributed by atoms with van der Waals surface area (Å²) >= 11 is 0. The lowest BCUT2D eigenvalue weighted by molar-refractivity contribution is -0.139. The van der Waals surface area contributed by atoms with Gasteiger partial charge in [-0.05, 0) is 18.1 Å². The third-order valence-corrected chi connectivity index (χ3v) is 2.66. The highest BCUT2D eigenvalue weighted by molar-refractivity contribution is 5.82. The molecule has 0 heterocycles. The second-order valence-electron chi connectivity index (χ2n) is 4.14. The molecule has 4 N–H and O–H groups in total. The van der Waals surface area contributed by atoms with Crippen LogP contribution in [0.1, 0.15) is 12.0 Å². The Morgan fingerprint density at radius 3 is 2.60 bits per heavy atom. The first-order valence-corrected chi connectivity index (χ1v) is 6.16. The van der Waals surface area contributed by atoms with E-state index >= 15 is 0 Å². The van der Waals surface area contributed by atoms with Crippen LogP contribution in [0.25, 0.3) is 0 Å². The van der Waals surface area contributed by atoms with E-state index in [1.807, 2.05) is 0 Å². The molecule has 0 bridgehead atoms. The van der Waals surface area contributed by atoms with E-state index in [1.54, 1.807) is 18.2 Å². The maximum atomic E-state index is 13.3. The largest absolute Gasteiger partial charge is 0.480 e. The molecule has 7 heteroatoms. The van der Waals surface area contributed by atoms with Crippen molar-refractivity contribution in [3.8, 4) is 0 Å². The molecular weight excluding hydrogens is 267 g/mol. The number of carboxylic acid groups (broad SMARTS) is 1. The first-order valence-electron chi connectivity index (χ1n) is 6.16. The van der Waals surface area contributed by atoms with Gasteiger partial charge in [-0.15, -0.1) is 0 Å². The van der Waals surface area contributed by atoms with Gasteiger partial charge >= 0.3 is 12.0 Å². The molecular formula is C13H17FN2O4. The topological polar surface area (TPSA) is 98.7 Å². The first-order chi connectivity index (χ1) is 9.54. The SMILES string of the molecule is O=C(NCCc1ccccc1F)N[C@@H](CCO)C(=O)O. The molecule has 0 spiro atoms. The van der Waals surface area contributed by atoms with Crippen LogP contribution in [0.4, 0.5) is 9.18 Å². The van der Waals surface area contributed by atoms with E-state index in [1.165, 1.54) is 6.07 Å². The summed E-state index contributed by atoms with van der Waals surface area (Å²) in [5.74, 6) is -1.57. The number of nitrogens with one attached hydrogen (secondary N) is 2. The van der Waals surface area contributed by atoms with E-state index in [0.717, 1.165) is 0 Å². The Balaban J connectivity index is 2.36. The van der Waals surface area contributed by atoms with Crippen molar-refractivity contribution in [3.63, 3.8) is 0 Å². The molecule has 20 heavy (non-hydrogen) atoms. The molecule has 1 rings (SSSR count). The van der Waals surface area contributed by atoms with Gasteiger partial charge in [-0.3, -0.25) is 0 Å². The molecule has 110 valence electrons. The second kappa shape index (κ2) is 8.11. The van der Waals surface area contributed by atoms with Gasteiger partial charge in [-0.25, -0.2) is 14.0 Å². The molecule has 0 saturated carbocycles. The van der Waals surface area contributed by atoms with Crippen molar-refractivity contribution in [2.45, 2.75) is 18.9 Å². The fourth-order valence-electron chi connectivity index (χ4n) is 1.61. The third kappa shape index (κ3) is 5.23. The Hall–Kier alpha value is -2.15. The summed E-state index contributed by atoms with van der Waals surface area (Å²) in [6.07, 6.45) is 0.230. The zero-order valence-corrected chi connectivity index (χ0v) is 10.8. The summed E-state index contributed by atoms with van der Waals surface area (Å²) in [7, 11) is 0. The Morgan fingerprint density at radius 1 is 1.30 bits per heavy atom. The number of carbonyl (C=O) groups excluding carboxylic acids is 1. The molecule has 0 saturated heterocycles. The van der Waals surface area contributed by atoms with Crippen molar-refractivity contribution in [3.05, 3.63) is 35.6 Å². The third-order valence-electron chi connectivity index (χ3n) is 2.66. The second-order valence-corrected chi connectivity index (χ2v) is 4.14. The zero-order valence-electron chi connectivity index (χ0n) is 10.8. The number of aliphatic carboxylic acids is 1. The minimum atomic E-state index is -1.22. The van der Waals surface area contributed by atoms with Crippen LogP contribution in [-0.2, 0) is 11.2 Å². The van der Waals surface area contributed by atoms with Crippen LogP contribution < -0.4 is 10.6 Å². The molecule has 0 aliphatic carbocycles. The van der Waals surface area contributed by atoms with Crippen LogP contribution in [0.3, 0.4) is 0 Å². The number of urea groups is 1. The van der Waals surface area contributed by atoms with Crippen molar-refractivity contribution >= 4 is 12.0 Å². The van der Waals surface area contributed by atoms with Crippen molar-refractivity contribution in [2.24, 2.45) is 0 Å². The van der Waals surface area contributed by atoms with Crippen molar-refractivity contribution < 1.29 is 24.2 Å². The summed E-state index contributed by atoms with van der Waals surface area (Å²) in [4.78, 5) is 22.2. The predicted octanol–water partition coefficient (Wildman–Crippen LogP) is 0.503. The van der Waals surface area contributed by atoms with E-state index in [4.69, 9.17) is 10.2 Å². The van der Waals surface area contributed by atoms with Crippen LogP contribution in [0, 0.1) is 5.82 Å². The van der Waals surface area contributed by atoms with Gasteiger partial charge in [-0.1, -0.05) is 18.2 Å². The zero-order chi connectivity index (χ0) is 15.0. The van der Waals surface area contributed by atoms with Gasteiger partial charge < -0.3 is 20.8 Å². The lowest BCUT2D eigenvalue weighted by Crippen LogP contribution is -2.46. The first kappa shape index (κ1) is 15.9. The molecule has 2 amide bonds. The maximum Gasteiger partial charge on any atom is 0.326 e. The summed E-state index contributed by atoms with van der Waals surface area (Å²) in [5.41, 5.74) is 0.470. The number of aliphatic hydroxyl groups excluding tert-OH is 1. The van der Waals surface area contributed by atoms with Crippen LogP contribution in [0.15, 0.2) is 24.3 Å². The number of halogens is 1. The molecule has 0 unspecified atom stereocenters. The number of carboxylic acids is 1. The molecule has 1 aromatic rings. The minimum absolute atomic E-state index is 0.0733. The van der Waals surface area contributed by atoms with Gasteiger partial charge in [0, 0.05) is 19.6 Å². The van der Waals surface area contributed by atoms with Crippen LogP contribution in [0.5, 0.6) is 0 Å². The lowest BCUT2D eigenvalue weighted by Gasteiger charge is -2.14. The van der Waals surface area contributed by atoms with Crippen LogP contribution >= 0.6 is 0 Å². The average molecular weight is 284 g/mol. The van der Waals surface area contributed by atoms with E-state index < -0.39 is 18.0 Å². The van der Waals surface area contributed by atoms with E-state index in [2.05, 4.69) is 10.6 Å². The highest BCUT2D eigenvalue weighted by atomic mass is 19.1. The fourth-order valence-corrected chi connectivity index (χ4v) is 1.61. The number of amides is 2. The molecule has 0 aromatic heterocycles. The van der Waals surface area contributed by atoms with Gasteiger partial charge in [0.2, 0.25) is 0 Å². The average Bonchev–Trinajstić information content (AvgIpc) is 2.40. The fraction of sp³-hybridized carbons (Fsp3) is 0.385. The van der Waals surface area contributed by atoms with E-state index in [-0.39, 0.29) is 25.4 Å². The molecule has 0 aliphatic heterocycles. The predicted molar refractivity (Wildman–Crippen MR) is 69.8 cm³/mol. The van der Waals surface area contributed by atoms with E-state index in [0.29, 0.717) is 12.0 Å². The number of aliphatic hydroxyl groups is 1. The molecule has 6 nitrogen and oxygen atoms in total. The number of benzene rings is 1. The van der Waals surface area contributed by atoms with E-state index in [9.17, 15) is 14.0 Å². The van der Waals surface area contributed by atoms with Gasteiger partial charge in [0.15, 0.2) is 0 Å². The summed E-state index contributed by atoms with van der Waals surface area (Å²) in [6, 6.07) is 4.40. The van der Waals surface area contributed by atoms with Gasteiger partial charge in [0.25, 0.3) is 0 Å². The van der Waals surface area contributed by atoms with Crippen molar-refractivity contribution in [1.82, 2.24) is 10.6 Å². The number of hydrogen-bond acceptors (Lipinski definition) is 3. The maximum absolute atomic E-state index is 13.3. The molecule has 1 atom stereocenters. The van der Waals surface area contributed by atoms with Gasteiger partial charge in [-0.2, -0.15) is 0 Å². The number of rotatable bonds is 7. The Bertz CT molecular complexity index is 467. The molecule has 0 radical (unpaired) electrons. The number of carbonyl (C=O) groups is 2. The summed E-state index contributed by atoms with van der Waals surface area (Å²) in [6.45, 7) is -0.162. The van der Waals surface area contributed by atoms with Crippen molar-refractivity contribution in [1.29, 1.82) is 0 Å². The Kier molecular flexibility index (Phi) is 6.45. The van der Waals surface area contributed by atoms with Crippen LogP contribution in [-0.4, -0.2) is 41.4 Å². The smallest absolute Gasteiger partial charge is 0.326 e. The molecule has 1 aromatic carbocycles. The molecule has 0 aliphatic rings. The van der Waals surface area contributed by atoms with Gasteiger partial charge in [0.1, 0.15) is 11.9 Å². The molecule has 0 fully saturated rings. The standard InChI is InChI=1S/C13H17FN2O4/c14-10-4-2-1-3-9(10)5-7-15-13(20)16-11(6-8-17)12(18)19/h1-4,11,17H,5-8H2,(H,18,19)(H2,15,16,20)/t11-/m0/s1. The number of hydrogen-bond donors (Lipinski definition) is 4. The normalized spacial score (nSPS) is 11.7. The highest BCUT2D eigenvalue weighted by Gasteiger charge is 2.18. The highest BCUT2D eigenvalue weighted by Crippen LogP contribution is 2.06. The quantitative estimate of drug-likeness (QED) is 0.586. The van der Waals surface area contributed by atoms with Gasteiger partial charge in [0.05, 0.1) is 0 Å². The minimum Gasteiger partial charge on any atom is -0.480 e. The summed E-state index contributed by atoms with van der Waals surface area (Å²) in [5, 5.41) is 22.1. The Morgan fingerprint density at radius 2 is 2.00 bits per heavy atom. The van der Waals surface area contributed by atoms with Crippen LogP contribution in [0.2, 0.25) is 0 Å². The monoisotopic (exact) mass is 284 g/mol. The lowest BCUT2D eigenvalue weighted by atomic mass is 10.1.